The van der Waals surface area contributed by atoms with E-state index in [0.29, 0.717) is 0 Å². The Hall–Kier alpha value is -2.07. The van der Waals surface area contributed by atoms with Crippen LogP contribution >= 0.6 is 23.5 Å². The van der Waals surface area contributed by atoms with Crippen LogP contribution in [-0.2, 0) is 31.6 Å². The summed E-state index contributed by atoms with van der Waals surface area (Å²) in [5, 5.41) is 10.8. The number of nitrogens with zero attached hydrogens (tertiary/aromatic N) is 3. The number of halogens is 1. The lowest BCUT2D eigenvalue weighted by Gasteiger charge is -2.27. The molecule has 0 radical (unpaired) electrons. The van der Waals surface area contributed by atoms with Crippen molar-refractivity contribution in [3.05, 3.63) is 16.7 Å². The Morgan fingerprint density at radius 2 is 1.97 bits per heavy atom. The van der Waals surface area contributed by atoms with Crippen LogP contribution in [0.2, 0.25) is 0 Å². The Morgan fingerprint density at radius 1 is 1.31 bits per heavy atom. The second-order valence-corrected chi connectivity index (χ2v) is 11.1. The lowest BCUT2D eigenvalue weighted by molar-refractivity contribution is -0.0438. The van der Waals surface area contributed by atoms with Gasteiger partial charge in [0, 0.05) is 0 Å². The number of aromatic amines is 1. The molecule has 36 heavy (non-hydrogen) atoms. The highest BCUT2D eigenvalue weighted by molar-refractivity contribution is 7.66. The summed E-state index contributed by atoms with van der Waals surface area (Å²) in [5.74, 6) is 3.64. The number of ether oxygens (including phenoxy) is 1. The molecule has 1 aliphatic heterocycles. The van der Waals surface area contributed by atoms with E-state index in [1.165, 1.54) is 0 Å². The molecule has 0 saturated carbocycles. The van der Waals surface area contributed by atoms with Gasteiger partial charge in [0.2, 0.25) is 5.95 Å². The molecule has 0 bridgehead atoms. The van der Waals surface area contributed by atoms with E-state index in [-0.39, 0.29) is 11.2 Å². The monoisotopic (exact) mass is 580 g/mol. The zero-order valence-electron chi connectivity index (χ0n) is 19.2. The maximum atomic E-state index is 12.9. The summed E-state index contributed by atoms with van der Waals surface area (Å²) in [7, 11) is -17.8. The van der Waals surface area contributed by atoms with Gasteiger partial charge >= 0.3 is 23.5 Å². The van der Waals surface area contributed by atoms with Crippen molar-refractivity contribution in [3.8, 4) is 11.8 Å². The molecule has 2 aromatic heterocycles. The van der Waals surface area contributed by atoms with Gasteiger partial charge in [-0.05, 0) is 0 Å². The topological polar surface area (TPSA) is 305 Å². The van der Waals surface area contributed by atoms with Crippen molar-refractivity contribution in [2.75, 3.05) is 19.0 Å². The minimum absolute atomic E-state index is 0.311. The van der Waals surface area contributed by atoms with E-state index in [9.17, 15) is 37.8 Å². The Labute approximate surface area is 201 Å². The minimum atomic E-state index is -6.07. The first-order valence-corrected chi connectivity index (χ1v) is 13.5. The van der Waals surface area contributed by atoms with Gasteiger partial charge in [0.25, 0.3) is 5.56 Å². The smallest absolute Gasteiger partial charge is 0.387 e. The fraction of sp³-hybridized carbons (Fsp3) is 0.462. The van der Waals surface area contributed by atoms with Crippen LogP contribution in [0.4, 0.5) is 10.3 Å². The Balaban J connectivity index is 2.01. The zero-order chi connectivity index (χ0) is 28.9. The Morgan fingerprint density at radius 3 is 2.58 bits per heavy atom. The highest BCUT2D eigenvalue weighted by Crippen LogP contribution is 2.66. The van der Waals surface area contributed by atoms with Gasteiger partial charge in [0.05, 0.1) is 15.6 Å². The molecule has 10 N–H and O–H groups in total. The van der Waals surface area contributed by atoms with Crippen LogP contribution in [0.15, 0.2) is 11.1 Å². The third-order valence-electron chi connectivity index (χ3n) is 4.24. The highest BCUT2D eigenvalue weighted by atomic mass is 31.3. The highest BCUT2D eigenvalue weighted by Gasteiger charge is 2.55. The van der Waals surface area contributed by atoms with E-state index in [1.54, 1.807) is 0 Å². The van der Waals surface area contributed by atoms with Crippen LogP contribution in [0.5, 0.6) is 0 Å². The van der Waals surface area contributed by atoms with Crippen LogP contribution in [0, 0.1) is 11.8 Å². The average molecular weight is 580 g/mol. The number of aromatic nitrogens is 4. The summed E-state index contributed by atoms with van der Waals surface area (Å²) in [4.78, 5) is 58.1. The molecule has 3 heterocycles. The number of H-pyrrole nitrogens is 1. The summed E-state index contributed by atoms with van der Waals surface area (Å²) in [6.45, 7) is -4.96. The molecule has 19 nitrogen and oxygen atoms in total. The number of nitrogens with one attached hydrogen (secondary N) is 1. The number of alkyl halides is 1. The summed E-state index contributed by atoms with van der Waals surface area (Å²) >= 11 is 0. The standard InChI is InChI=1S/C13H18FN6O13P3/c14-3-1-2-13(16)8(21)6(4-30-35(26,27)33-36(28,29)32-34(23,24)25)31-11(13)20-5-17-7-9(20)18-12(15)19-10(7)22/h5-6,8,11,21H,3-4,16H2,(H,26,27)(H,28,29)(H2,23,24,25)(H3,15,18,19,22)/t6-,8+,11-,13?/m1/s1/i4D2. The van der Waals surface area contributed by atoms with Crippen LogP contribution in [0.3, 0.4) is 0 Å². The van der Waals surface area contributed by atoms with Crippen molar-refractivity contribution in [3.63, 3.8) is 0 Å². The molecule has 0 aromatic carbocycles. The molecule has 3 unspecified atom stereocenters. The number of rotatable bonds is 8. The fourth-order valence-electron chi connectivity index (χ4n) is 2.96. The van der Waals surface area contributed by atoms with E-state index in [4.69, 9.17) is 28.7 Å². The number of hydrogen-bond donors (Lipinski definition) is 8. The summed E-state index contributed by atoms with van der Waals surface area (Å²) in [5.41, 5.74) is 7.75. The number of hydrogen-bond acceptors (Lipinski definition) is 13. The SMILES string of the molecule is [2H]C([2H])(OP(=O)(O)OP(=O)(O)OP(=O)(O)O)[C@H]1O[C@@H](n2cnc3c(=O)[nH]c(N)nc32)C(N)(C#CCF)[C@H]1O. The lowest BCUT2D eigenvalue weighted by Crippen LogP contribution is -2.53. The third-order valence-corrected chi connectivity index (χ3v) is 7.90. The molecule has 2 aromatic rings. The molecule has 1 fully saturated rings. The minimum Gasteiger partial charge on any atom is -0.387 e. The lowest BCUT2D eigenvalue weighted by atomic mass is 9.91. The summed E-state index contributed by atoms with van der Waals surface area (Å²) in [6, 6.07) is 0. The number of aliphatic hydroxyl groups is 1. The van der Waals surface area contributed by atoms with E-state index in [0.717, 1.165) is 10.9 Å². The van der Waals surface area contributed by atoms with Gasteiger partial charge < -0.3 is 40.9 Å². The van der Waals surface area contributed by atoms with Gasteiger partial charge in [-0.1, -0.05) is 11.8 Å². The van der Waals surface area contributed by atoms with Gasteiger partial charge in [-0.15, -0.1) is 0 Å². The molecule has 0 amide bonds. The van der Waals surface area contributed by atoms with Crippen LogP contribution in [0.25, 0.3) is 11.2 Å². The number of phosphoric acid groups is 3. The molecule has 23 heteroatoms. The molecule has 0 aliphatic carbocycles. The van der Waals surface area contributed by atoms with Gasteiger partial charge in [-0.2, -0.15) is 13.6 Å². The molecule has 1 aliphatic rings. The van der Waals surface area contributed by atoms with Crippen molar-refractivity contribution in [1.82, 2.24) is 19.5 Å². The zero-order valence-corrected chi connectivity index (χ0v) is 19.9. The first-order chi connectivity index (χ1) is 17.2. The number of aliphatic hydroxyl groups excluding tert-OH is 1. The van der Waals surface area contributed by atoms with Crippen molar-refractivity contribution < 1.29 is 63.4 Å². The first-order valence-electron chi connectivity index (χ1n) is 9.96. The third kappa shape index (κ3) is 6.25. The normalized spacial score (nSPS) is 29.0. The maximum Gasteiger partial charge on any atom is 0.490 e. The van der Waals surface area contributed by atoms with Crippen molar-refractivity contribution in [2.24, 2.45) is 5.73 Å². The van der Waals surface area contributed by atoms with Crippen LogP contribution in [0.1, 0.15) is 8.97 Å². The largest absolute Gasteiger partial charge is 0.490 e. The first kappa shape index (κ1) is 25.6. The molecule has 200 valence electrons. The predicted molar refractivity (Wildman–Crippen MR) is 113 cm³/mol. The number of anilines is 1. The molecule has 1 saturated heterocycles. The predicted octanol–water partition coefficient (Wildman–Crippen LogP) is -2.03. The van der Waals surface area contributed by atoms with Gasteiger partial charge in [0.15, 0.2) is 22.9 Å². The number of fused-ring (bicyclic) bond motifs is 1. The number of nitrogens with two attached hydrogens (primary N) is 2. The molecular formula is C13H18FN6O13P3. The second-order valence-electron chi connectivity index (χ2n) is 6.80. The maximum absolute atomic E-state index is 12.9. The molecule has 3 rings (SSSR count). The van der Waals surface area contributed by atoms with Crippen molar-refractivity contribution in [2.45, 2.75) is 24.0 Å². The van der Waals surface area contributed by atoms with Crippen molar-refractivity contribution >= 4 is 40.6 Å². The van der Waals surface area contributed by atoms with Crippen molar-refractivity contribution in [1.29, 1.82) is 0 Å². The van der Waals surface area contributed by atoms with E-state index in [2.05, 4.69) is 34.0 Å². The second kappa shape index (κ2) is 10.0. The van der Waals surface area contributed by atoms with E-state index in [1.807, 2.05) is 5.92 Å². The fourth-order valence-corrected chi connectivity index (χ4v) is 5.84. The van der Waals surface area contributed by atoms with Gasteiger partial charge in [-0.3, -0.25) is 18.9 Å². The van der Waals surface area contributed by atoms with Crippen LogP contribution < -0.4 is 17.0 Å². The number of nitrogen functional groups attached to an aromatic ring is 1. The van der Waals surface area contributed by atoms with E-state index < -0.39 is 72.2 Å². The van der Waals surface area contributed by atoms with Gasteiger partial charge in [-0.25, -0.2) is 23.1 Å². The quantitative estimate of drug-likeness (QED) is 0.123. The number of phosphoric ester groups is 1. The Bertz CT molecular complexity index is 1510. The van der Waals surface area contributed by atoms with E-state index >= 15 is 0 Å². The average Bonchev–Trinajstić information content (AvgIpc) is 3.22. The molecule has 6 atom stereocenters. The summed E-state index contributed by atoms with van der Waals surface area (Å²) in [6.07, 6.45) is -5.68. The molecular weight excluding hydrogens is 560 g/mol. The van der Waals surface area contributed by atoms with Crippen LogP contribution in [-0.4, -0.2) is 75.2 Å². The number of imidazole rings is 1. The molecule has 0 spiro atoms. The Kier molecular flexibility index (Phi) is 7.11. The summed E-state index contributed by atoms with van der Waals surface area (Å²) < 4.78 is 80.8. The van der Waals surface area contributed by atoms with Gasteiger partial charge in [0.1, 0.15) is 18.9 Å².